The summed E-state index contributed by atoms with van der Waals surface area (Å²) in [7, 11) is 0. The van der Waals surface area contributed by atoms with E-state index in [-0.39, 0.29) is 5.97 Å². The molecule has 1 aliphatic rings. The summed E-state index contributed by atoms with van der Waals surface area (Å²) in [4.78, 5) is 29.9. The number of carbonyl (C=O) groups excluding carboxylic acids is 1. The fourth-order valence-electron chi connectivity index (χ4n) is 7.22. The Bertz CT molecular complexity index is 786. The Morgan fingerprint density at radius 3 is 1.49 bits per heavy atom. The molecule has 1 unspecified atom stereocenters. The van der Waals surface area contributed by atoms with Crippen LogP contribution in [-0.2, 0) is 14.3 Å². The molecule has 1 aliphatic heterocycles. The summed E-state index contributed by atoms with van der Waals surface area (Å²) >= 11 is 0. The van der Waals surface area contributed by atoms with Crippen molar-refractivity contribution in [3.05, 3.63) is 0 Å². The Balaban J connectivity index is 1.84. The number of carboxylic acid groups (broad SMARTS) is 1. The number of carbonyl (C=O) groups is 2. The average molecular weight is 691 g/mol. The summed E-state index contributed by atoms with van der Waals surface area (Å²) in [5.41, 5.74) is 0. The second-order valence-corrected chi connectivity index (χ2v) is 15.3. The number of amidine groups is 1. The molecule has 0 aromatic carbocycles. The first-order valence-electron chi connectivity index (χ1n) is 21.7. The molecule has 0 fully saturated rings. The van der Waals surface area contributed by atoms with E-state index in [1.165, 1.54) is 192 Å². The maximum atomic E-state index is 11.9. The summed E-state index contributed by atoms with van der Waals surface area (Å²) in [6.45, 7) is 7.39. The Morgan fingerprint density at radius 2 is 1.00 bits per heavy atom. The molecule has 0 bridgehead atoms. The van der Waals surface area contributed by atoms with E-state index in [4.69, 9.17) is 14.8 Å². The van der Waals surface area contributed by atoms with Crippen molar-refractivity contribution in [3.8, 4) is 0 Å². The molecule has 1 atom stereocenters. The lowest BCUT2D eigenvalue weighted by Gasteiger charge is -2.25. The lowest BCUT2D eigenvalue weighted by atomic mass is 10.0. The van der Waals surface area contributed by atoms with Crippen molar-refractivity contribution in [3.63, 3.8) is 0 Å². The molecule has 288 valence electrons. The number of unbranched alkanes of at least 4 members (excludes halogenated alkanes) is 28. The van der Waals surface area contributed by atoms with Crippen molar-refractivity contribution in [2.24, 2.45) is 4.99 Å². The summed E-state index contributed by atoms with van der Waals surface area (Å²) in [5, 5.41) is 8.69. The Labute approximate surface area is 304 Å². The Morgan fingerprint density at radius 1 is 0.592 bits per heavy atom. The number of aliphatic imine (C=N–C) groups is 1. The Kier molecular flexibility index (Phi) is 32.3. The van der Waals surface area contributed by atoms with E-state index in [9.17, 15) is 9.59 Å². The lowest BCUT2D eigenvalue weighted by molar-refractivity contribution is -0.144. The standard InChI is InChI=1S/C43H82N2O4/c1-3-4-5-6-28-33-38-49-43(48)36-31-26-22-18-14-8-7-11-15-19-23-27-32-37-45-40(2)39-44-41(45)34-29-24-20-16-12-9-10-13-17-21-25-30-35-42(46)47/h40H,3-39H2,1-2H3,(H,46,47). The molecule has 49 heavy (non-hydrogen) atoms. The van der Waals surface area contributed by atoms with Crippen LogP contribution < -0.4 is 0 Å². The highest BCUT2D eigenvalue weighted by Crippen LogP contribution is 2.19. The van der Waals surface area contributed by atoms with Crippen LogP contribution in [0.25, 0.3) is 0 Å². The minimum absolute atomic E-state index is 0.00859. The molecule has 1 rings (SSSR count). The molecular weight excluding hydrogens is 608 g/mol. The van der Waals surface area contributed by atoms with Crippen LogP contribution in [0.5, 0.6) is 0 Å². The van der Waals surface area contributed by atoms with Crippen LogP contribution in [0, 0.1) is 0 Å². The molecular formula is C43H82N2O4. The number of esters is 1. The van der Waals surface area contributed by atoms with Crippen molar-refractivity contribution >= 4 is 17.8 Å². The van der Waals surface area contributed by atoms with Crippen molar-refractivity contribution in [2.45, 2.75) is 238 Å². The van der Waals surface area contributed by atoms with Gasteiger partial charge in [0.05, 0.1) is 19.0 Å². The predicted molar refractivity (Wildman–Crippen MR) is 210 cm³/mol. The molecule has 0 spiro atoms. The van der Waals surface area contributed by atoms with Gasteiger partial charge in [0.2, 0.25) is 0 Å². The molecule has 0 saturated carbocycles. The molecule has 0 aliphatic carbocycles. The molecule has 0 amide bonds. The van der Waals surface area contributed by atoms with Crippen molar-refractivity contribution in [2.75, 3.05) is 19.7 Å². The van der Waals surface area contributed by atoms with Gasteiger partial charge in [0, 0.05) is 31.8 Å². The average Bonchev–Trinajstić information content (AvgIpc) is 3.44. The summed E-state index contributed by atoms with van der Waals surface area (Å²) in [5.74, 6) is 0.735. The van der Waals surface area contributed by atoms with Gasteiger partial charge in [0.25, 0.3) is 0 Å². The highest BCUT2D eigenvalue weighted by atomic mass is 16.5. The van der Waals surface area contributed by atoms with Gasteiger partial charge in [-0.05, 0) is 39.0 Å². The van der Waals surface area contributed by atoms with Gasteiger partial charge in [-0.2, -0.15) is 0 Å². The molecule has 0 saturated heterocycles. The zero-order valence-electron chi connectivity index (χ0n) is 32.8. The second-order valence-electron chi connectivity index (χ2n) is 15.3. The van der Waals surface area contributed by atoms with Gasteiger partial charge in [-0.1, -0.05) is 174 Å². The number of rotatable bonds is 38. The van der Waals surface area contributed by atoms with Crippen molar-refractivity contribution in [1.82, 2.24) is 4.90 Å². The maximum Gasteiger partial charge on any atom is 0.305 e. The van der Waals surface area contributed by atoms with Crippen LogP contribution >= 0.6 is 0 Å². The van der Waals surface area contributed by atoms with Crippen LogP contribution in [0.1, 0.15) is 232 Å². The van der Waals surface area contributed by atoms with Crippen LogP contribution in [0.15, 0.2) is 4.99 Å². The molecule has 0 radical (unpaired) electrons. The minimum Gasteiger partial charge on any atom is -0.481 e. The second kappa shape index (κ2) is 34.8. The summed E-state index contributed by atoms with van der Waals surface area (Å²) in [6, 6.07) is 0.586. The van der Waals surface area contributed by atoms with E-state index in [0.29, 0.717) is 25.5 Å². The number of carboxylic acids is 1. The quantitative estimate of drug-likeness (QED) is 0.0515. The number of hydrogen-bond acceptors (Lipinski definition) is 5. The van der Waals surface area contributed by atoms with Crippen LogP contribution in [-0.4, -0.2) is 53.5 Å². The topological polar surface area (TPSA) is 79.2 Å². The van der Waals surface area contributed by atoms with Crippen LogP contribution in [0.4, 0.5) is 0 Å². The Hall–Kier alpha value is -1.59. The van der Waals surface area contributed by atoms with Crippen LogP contribution in [0.3, 0.4) is 0 Å². The first-order chi connectivity index (χ1) is 24.0. The van der Waals surface area contributed by atoms with Gasteiger partial charge in [0.15, 0.2) is 0 Å². The molecule has 6 heteroatoms. The smallest absolute Gasteiger partial charge is 0.305 e. The van der Waals surface area contributed by atoms with Gasteiger partial charge in [-0.3, -0.25) is 14.6 Å². The van der Waals surface area contributed by atoms with Gasteiger partial charge in [-0.25, -0.2) is 0 Å². The SMILES string of the molecule is CCCCCCCCOC(=O)CCCCCCCCCCCCCCCN1C(CCCCCCCCCCCCCCC(=O)O)=NCC1C. The van der Waals surface area contributed by atoms with E-state index in [1.54, 1.807) is 0 Å². The summed E-state index contributed by atoms with van der Waals surface area (Å²) in [6.07, 6.45) is 41.6. The van der Waals surface area contributed by atoms with Gasteiger partial charge >= 0.3 is 11.9 Å². The number of hydrogen-bond donors (Lipinski definition) is 1. The molecule has 0 aromatic rings. The van der Waals surface area contributed by atoms with Gasteiger partial charge < -0.3 is 14.7 Å². The normalized spacial score (nSPS) is 14.4. The molecule has 6 nitrogen and oxygen atoms in total. The van der Waals surface area contributed by atoms with Crippen molar-refractivity contribution in [1.29, 1.82) is 0 Å². The van der Waals surface area contributed by atoms with Crippen molar-refractivity contribution < 1.29 is 19.4 Å². The first-order valence-corrected chi connectivity index (χ1v) is 21.7. The van der Waals surface area contributed by atoms with Gasteiger partial charge in [-0.15, -0.1) is 0 Å². The molecule has 1 N–H and O–H groups in total. The van der Waals surface area contributed by atoms with E-state index in [2.05, 4.69) is 18.7 Å². The highest BCUT2D eigenvalue weighted by Gasteiger charge is 2.22. The maximum absolute atomic E-state index is 11.9. The molecule has 0 aromatic heterocycles. The zero-order valence-corrected chi connectivity index (χ0v) is 32.8. The predicted octanol–water partition coefficient (Wildman–Crippen LogP) is 13.0. The minimum atomic E-state index is -0.660. The fourth-order valence-corrected chi connectivity index (χ4v) is 7.22. The third-order valence-corrected chi connectivity index (χ3v) is 10.5. The lowest BCUT2D eigenvalue weighted by Crippen LogP contribution is -2.35. The summed E-state index contributed by atoms with van der Waals surface area (Å²) < 4.78 is 5.38. The number of nitrogens with zero attached hydrogens (tertiary/aromatic N) is 2. The largest absolute Gasteiger partial charge is 0.481 e. The third-order valence-electron chi connectivity index (χ3n) is 10.5. The molecule has 1 heterocycles. The van der Waals surface area contributed by atoms with E-state index >= 15 is 0 Å². The number of ether oxygens (including phenoxy) is 1. The zero-order chi connectivity index (χ0) is 35.5. The van der Waals surface area contributed by atoms with E-state index < -0.39 is 5.97 Å². The van der Waals surface area contributed by atoms with E-state index in [0.717, 1.165) is 32.2 Å². The number of aliphatic carboxylic acids is 1. The van der Waals surface area contributed by atoms with Crippen LogP contribution in [0.2, 0.25) is 0 Å². The van der Waals surface area contributed by atoms with Gasteiger partial charge in [0.1, 0.15) is 0 Å². The fraction of sp³-hybridized carbons (Fsp3) is 0.930. The van der Waals surface area contributed by atoms with E-state index in [1.807, 2.05) is 0 Å². The first kappa shape index (κ1) is 45.4. The third kappa shape index (κ3) is 29.8. The monoisotopic (exact) mass is 691 g/mol. The highest BCUT2D eigenvalue weighted by molar-refractivity contribution is 5.84.